The topological polar surface area (TPSA) is 24.1 Å². The lowest BCUT2D eigenvalue weighted by atomic mass is 10.0. The van der Waals surface area contributed by atoms with E-state index in [-0.39, 0.29) is 5.82 Å². The third kappa shape index (κ3) is 2.76. The lowest BCUT2D eigenvalue weighted by molar-refractivity contribution is 0.628. The fourth-order valence-electron chi connectivity index (χ4n) is 2.49. The highest BCUT2D eigenvalue weighted by Gasteiger charge is 2.15. The molecule has 3 rings (SSSR count). The Hall–Kier alpha value is -1.87. The van der Waals surface area contributed by atoms with Crippen molar-refractivity contribution in [2.45, 2.75) is 12.5 Å². The third-order valence-corrected chi connectivity index (χ3v) is 3.50. The third-order valence-electron chi connectivity index (χ3n) is 3.50. The summed E-state index contributed by atoms with van der Waals surface area (Å²) in [4.78, 5) is 0. The van der Waals surface area contributed by atoms with Crippen LogP contribution in [0.25, 0.3) is 11.1 Å². The van der Waals surface area contributed by atoms with E-state index in [9.17, 15) is 4.39 Å². The van der Waals surface area contributed by atoms with Crippen LogP contribution in [-0.2, 0) is 0 Å². The van der Waals surface area contributed by atoms with Gasteiger partial charge in [0.05, 0.1) is 0 Å². The fraction of sp³-hybridized carbons (Fsp3) is 0.250. The van der Waals surface area contributed by atoms with Crippen molar-refractivity contribution in [2.24, 2.45) is 0 Å². The summed E-state index contributed by atoms with van der Waals surface area (Å²) >= 11 is 0. The van der Waals surface area contributed by atoms with E-state index in [0.29, 0.717) is 6.04 Å². The van der Waals surface area contributed by atoms with Crippen LogP contribution < -0.4 is 10.6 Å². The number of hydrogen-bond acceptors (Lipinski definition) is 2. The molecule has 0 aliphatic carbocycles. The van der Waals surface area contributed by atoms with Gasteiger partial charge in [0.25, 0.3) is 0 Å². The van der Waals surface area contributed by atoms with E-state index in [0.717, 1.165) is 36.3 Å². The molecule has 0 aromatic heterocycles. The van der Waals surface area contributed by atoms with Crippen LogP contribution in [0.1, 0.15) is 6.42 Å². The van der Waals surface area contributed by atoms with E-state index >= 15 is 0 Å². The lowest BCUT2D eigenvalue weighted by Gasteiger charge is -2.16. The standard InChI is InChI=1S/C16H17FN2/c17-13-7-5-12(6-8-13)15-3-1-2-4-16(15)19-14-9-10-18-11-14/h1-8,14,18-19H,9-11H2. The zero-order valence-corrected chi connectivity index (χ0v) is 10.7. The normalized spacial score (nSPS) is 18.5. The molecule has 1 fully saturated rings. The molecule has 1 aliphatic heterocycles. The fourth-order valence-corrected chi connectivity index (χ4v) is 2.49. The van der Waals surface area contributed by atoms with E-state index in [1.165, 1.54) is 12.1 Å². The Bertz CT molecular complexity index is 545. The van der Waals surface area contributed by atoms with E-state index in [1.807, 2.05) is 24.3 Å². The maximum atomic E-state index is 13.0. The van der Waals surface area contributed by atoms with Gasteiger partial charge < -0.3 is 10.6 Å². The molecule has 2 aromatic rings. The van der Waals surface area contributed by atoms with Gasteiger partial charge in [0.1, 0.15) is 5.82 Å². The summed E-state index contributed by atoms with van der Waals surface area (Å²) in [6.45, 7) is 2.06. The van der Waals surface area contributed by atoms with Crippen molar-refractivity contribution >= 4 is 5.69 Å². The van der Waals surface area contributed by atoms with E-state index in [4.69, 9.17) is 0 Å². The van der Waals surface area contributed by atoms with Gasteiger partial charge in [-0.1, -0.05) is 30.3 Å². The molecule has 0 spiro atoms. The van der Waals surface area contributed by atoms with Crippen LogP contribution in [0.2, 0.25) is 0 Å². The van der Waals surface area contributed by atoms with Crippen LogP contribution in [0.5, 0.6) is 0 Å². The SMILES string of the molecule is Fc1ccc(-c2ccccc2NC2CCNC2)cc1. The number of nitrogens with one attached hydrogen (secondary N) is 2. The second kappa shape index (κ2) is 5.41. The minimum Gasteiger partial charge on any atom is -0.380 e. The highest BCUT2D eigenvalue weighted by Crippen LogP contribution is 2.28. The smallest absolute Gasteiger partial charge is 0.123 e. The minimum atomic E-state index is -0.200. The molecule has 1 heterocycles. The summed E-state index contributed by atoms with van der Waals surface area (Å²) in [6.07, 6.45) is 1.14. The summed E-state index contributed by atoms with van der Waals surface area (Å²) in [6, 6.07) is 15.3. The van der Waals surface area contributed by atoms with Gasteiger partial charge in [-0.25, -0.2) is 4.39 Å². The first-order valence-electron chi connectivity index (χ1n) is 6.65. The minimum absolute atomic E-state index is 0.200. The summed E-state index contributed by atoms with van der Waals surface area (Å²) < 4.78 is 13.0. The van der Waals surface area contributed by atoms with Gasteiger partial charge in [0, 0.05) is 23.8 Å². The molecule has 2 aromatic carbocycles. The second-order valence-corrected chi connectivity index (χ2v) is 4.89. The molecule has 1 saturated heterocycles. The molecule has 98 valence electrons. The number of halogens is 1. The van der Waals surface area contributed by atoms with Crippen molar-refractivity contribution in [3.8, 4) is 11.1 Å². The average molecular weight is 256 g/mol. The van der Waals surface area contributed by atoms with Crippen molar-refractivity contribution in [1.82, 2.24) is 5.32 Å². The summed E-state index contributed by atoms with van der Waals surface area (Å²) in [5, 5.41) is 6.91. The molecule has 19 heavy (non-hydrogen) atoms. The zero-order chi connectivity index (χ0) is 13.1. The number of anilines is 1. The number of rotatable bonds is 3. The highest BCUT2D eigenvalue weighted by molar-refractivity contribution is 5.78. The van der Waals surface area contributed by atoms with Gasteiger partial charge in [0.2, 0.25) is 0 Å². The second-order valence-electron chi connectivity index (χ2n) is 4.89. The van der Waals surface area contributed by atoms with Crippen molar-refractivity contribution in [1.29, 1.82) is 0 Å². The Morgan fingerprint density at radius 3 is 2.58 bits per heavy atom. The van der Waals surface area contributed by atoms with Crippen LogP contribution in [0.15, 0.2) is 48.5 Å². The Labute approximate surface area is 112 Å². The largest absolute Gasteiger partial charge is 0.380 e. The molecule has 0 amide bonds. The summed E-state index contributed by atoms with van der Waals surface area (Å²) in [5.41, 5.74) is 3.27. The summed E-state index contributed by atoms with van der Waals surface area (Å²) in [5.74, 6) is -0.200. The van der Waals surface area contributed by atoms with Crippen molar-refractivity contribution in [3.05, 3.63) is 54.3 Å². The monoisotopic (exact) mass is 256 g/mol. The van der Waals surface area contributed by atoms with Crippen LogP contribution in [-0.4, -0.2) is 19.1 Å². The molecule has 0 bridgehead atoms. The van der Waals surface area contributed by atoms with Gasteiger partial charge >= 0.3 is 0 Å². The maximum Gasteiger partial charge on any atom is 0.123 e. The molecule has 1 aliphatic rings. The van der Waals surface area contributed by atoms with Crippen LogP contribution >= 0.6 is 0 Å². The van der Waals surface area contributed by atoms with E-state index < -0.39 is 0 Å². The molecule has 2 nitrogen and oxygen atoms in total. The maximum absolute atomic E-state index is 13.0. The predicted octanol–water partition coefficient (Wildman–Crippen LogP) is 3.27. The van der Waals surface area contributed by atoms with Crippen LogP contribution in [0, 0.1) is 5.82 Å². The Balaban J connectivity index is 1.90. The van der Waals surface area contributed by atoms with Gasteiger partial charge in [-0.2, -0.15) is 0 Å². The molecule has 1 unspecified atom stereocenters. The van der Waals surface area contributed by atoms with Crippen LogP contribution in [0.4, 0.5) is 10.1 Å². The average Bonchev–Trinajstić information content (AvgIpc) is 2.93. The van der Waals surface area contributed by atoms with Gasteiger partial charge in [-0.05, 0) is 36.7 Å². The predicted molar refractivity (Wildman–Crippen MR) is 76.7 cm³/mol. The van der Waals surface area contributed by atoms with Crippen molar-refractivity contribution < 1.29 is 4.39 Å². The molecule has 1 atom stereocenters. The molecule has 2 N–H and O–H groups in total. The zero-order valence-electron chi connectivity index (χ0n) is 10.7. The van der Waals surface area contributed by atoms with Gasteiger partial charge in [0.15, 0.2) is 0 Å². The Morgan fingerprint density at radius 1 is 1.05 bits per heavy atom. The van der Waals surface area contributed by atoms with E-state index in [1.54, 1.807) is 0 Å². The van der Waals surface area contributed by atoms with Crippen LogP contribution in [0.3, 0.4) is 0 Å². The molecule has 3 heteroatoms. The van der Waals surface area contributed by atoms with Gasteiger partial charge in [-0.3, -0.25) is 0 Å². The first-order chi connectivity index (χ1) is 9.33. The quantitative estimate of drug-likeness (QED) is 0.880. The first-order valence-corrected chi connectivity index (χ1v) is 6.65. The number of hydrogen-bond donors (Lipinski definition) is 2. The Morgan fingerprint density at radius 2 is 1.84 bits per heavy atom. The lowest BCUT2D eigenvalue weighted by Crippen LogP contribution is -2.22. The highest BCUT2D eigenvalue weighted by atomic mass is 19.1. The summed E-state index contributed by atoms with van der Waals surface area (Å²) in [7, 11) is 0. The van der Waals surface area contributed by atoms with Crippen molar-refractivity contribution in [2.75, 3.05) is 18.4 Å². The number of benzene rings is 2. The van der Waals surface area contributed by atoms with Gasteiger partial charge in [-0.15, -0.1) is 0 Å². The van der Waals surface area contributed by atoms with E-state index in [2.05, 4.69) is 22.8 Å². The van der Waals surface area contributed by atoms with Crippen molar-refractivity contribution in [3.63, 3.8) is 0 Å². The molecule has 0 saturated carbocycles. The molecular weight excluding hydrogens is 239 g/mol. The molecule has 0 radical (unpaired) electrons. The molecular formula is C16H17FN2. The Kier molecular flexibility index (Phi) is 3.47. The first kappa shape index (κ1) is 12.2. The number of para-hydroxylation sites is 1.